The third-order valence-corrected chi connectivity index (χ3v) is 5.52. The van der Waals surface area contributed by atoms with Crippen LogP contribution in [0.5, 0.6) is 5.75 Å². The van der Waals surface area contributed by atoms with Gasteiger partial charge in [0.05, 0.1) is 7.11 Å². The fourth-order valence-corrected chi connectivity index (χ4v) is 4.29. The maximum Gasteiger partial charge on any atom is 0.251 e. The highest BCUT2D eigenvalue weighted by molar-refractivity contribution is 7.89. The zero-order valence-corrected chi connectivity index (χ0v) is 14.4. The molecule has 1 amide bonds. The van der Waals surface area contributed by atoms with E-state index in [0.29, 0.717) is 12.1 Å². The Kier molecular flexibility index (Phi) is 6.01. The molecule has 0 spiro atoms. The first kappa shape index (κ1) is 17.7. The molecular weight excluding hydrogens is 316 g/mol. The van der Waals surface area contributed by atoms with E-state index in [2.05, 4.69) is 10.0 Å². The summed E-state index contributed by atoms with van der Waals surface area (Å²) in [7, 11) is -2.31. The van der Waals surface area contributed by atoms with Crippen LogP contribution in [-0.2, 0) is 10.0 Å². The second-order valence-corrected chi connectivity index (χ2v) is 7.36. The van der Waals surface area contributed by atoms with Crippen LogP contribution in [0.1, 0.15) is 49.4 Å². The topological polar surface area (TPSA) is 84.5 Å². The van der Waals surface area contributed by atoms with Crippen molar-refractivity contribution in [2.75, 3.05) is 13.7 Å². The summed E-state index contributed by atoms with van der Waals surface area (Å²) in [6.07, 6.45) is 4.90. The zero-order valence-electron chi connectivity index (χ0n) is 13.6. The lowest BCUT2D eigenvalue weighted by Crippen LogP contribution is -2.36. The van der Waals surface area contributed by atoms with Crippen LogP contribution in [0.15, 0.2) is 23.1 Å². The Labute approximate surface area is 137 Å². The lowest BCUT2D eigenvalue weighted by Gasteiger charge is -2.23. The van der Waals surface area contributed by atoms with Crippen LogP contribution in [-0.4, -0.2) is 34.0 Å². The first-order valence-electron chi connectivity index (χ1n) is 7.96. The van der Waals surface area contributed by atoms with Crippen molar-refractivity contribution in [1.29, 1.82) is 0 Å². The average Bonchev–Trinajstić information content (AvgIpc) is 2.55. The quantitative estimate of drug-likeness (QED) is 0.830. The summed E-state index contributed by atoms with van der Waals surface area (Å²) >= 11 is 0. The van der Waals surface area contributed by atoms with Gasteiger partial charge in [-0.25, -0.2) is 13.1 Å². The van der Waals surface area contributed by atoms with Gasteiger partial charge in [-0.1, -0.05) is 19.3 Å². The molecule has 0 unspecified atom stereocenters. The van der Waals surface area contributed by atoms with Crippen molar-refractivity contribution in [3.63, 3.8) is 0 Å². The highest BCUT2D eigenvalue weighted by atomic mass is 32.2. The number of hydrogen-bond donors (Lipinski definition) is 2. The zero-order chi connectivity index (χ0) is 16.9. The van der Waals surface area contributed by atoms with Crippen molar-refractivity contribution in [3.8, 4) is 5.75 Å². The summed E-state index contributed by atoms with van der Waals surface area (Å²) in [5, 5.41) is 2.66. The summed E-state index contributed by atoms with van der Waals surface area (Å²) in [5.41, 5.74) is 0.302. The van der Waals surface area contributed by atoms with Gasteiger partial charge in [0.15, 0.2) is 0 Å². The van der Waals surface area contributed by atoms with Gasteiger partial charge in [0.25, 0.3) is 5.91 Å². The Bertz CT molecular complexity index is 652. The van der Waals surface area contributed by atoms with E-state index in [1.165, 1.54) is 19.2 Å². The molecule has 1 aromatic carbocycles. The van der Waals surface area contributed by atoms with E-state index in [9.17, 15) is 13.2 Å². The Balaban J connectivity index is 2.30. The molecule has 1 aromatic rings. The van der Waals surface area contributed by atoms with Gasteiger partial charge in [-0.05, 0) is 38.0 Å². The van der Waals surface area contributed by atoms with E-state index < -0.39 is 10.0 Å². The molecule has 7 heteroatoms. The minimum Gasteiger partial charge on any atom is -0.495 e. The van der Waals surface area contributed by atoms with Crippen LogP contribution in [0.25, 0.3) is 0 Å². The summed E-state index contributed by atoms with van der Waals surface area (Å²) in [6.45, 7) is 2.29. The molecule has 1 aliphatic rings. The Morgan fingerprint density at radius 2 is 1.96 bits per heavy atom. The molecule has 0 bridgehead atoms. The Morgan fingerprint density at radius 1 is 1.26 bits per heavy atom. The van der Waals surface area contributed by atoms with E-state index >= 15 is 0 Å². The van der Waals surface area contributed by atoms with Gasteiger partial charge in [-0.2, -0.15) is 0 Å². The van der Waals surface area contributed by atoms with Gasteiger partial charge in [0, 0.05) is 18.2 Å². The number of sulfonamides is 1. The minimum absolute atomic E-state index is 0.00864. The second-order valence-electron chi connectivity index (χ2n) is 5.68. The van der Waals surface area contributed by atoms with Crippen LogP contribution < -0.4 is 14.8 Å². The molecular formula is C16H24N2O4S. The normalized spacial score (nSPS) is 16.1. The SMILES string of the molecule is CCNC(=O)c1ccc(OC)c(S(=O)(=O)NC2CCCCC2)c1. The molecule has 1 saturated carbocycles. The van der Waals surface area contributed by atoms with Crippen molar-refractivity contribution in [1.82, 2.24) is 10.0 Å². The third kappa shape index (κ3) is 4.45. The molecule has 6 nitrogen and oxygen atoms in total. The standard InChI is InChI=1S/C16H24N2O4S/c1-3-17-16(19)12-9-10-14(22-2)15(11-12)23(20,21)18-13-7-5-4-6-8-13/h9-11,13,18H,3-8H2,1-2H3,(H,17,19). The number of hydrogen-bond acceptors (Lipinski definition) is 4. The average molecular weight is 340 g/mol. The predicted octanol–water partition coefficient (Wildman–Crippen LogP) is 2.06. The number of rotatable bonds is 6. The van der Waals surface area contributed by atoms with Gasteiger partial charge in [0.2, 0.25) is 10.0 Å². The number of ether oxygens (including phenoxy) is 1. The fraction of sp³-hybridized carbons (Fsp3) is 0.562. The maximum atomic E-state index is 12.7. The molecule has 1 fully saturated rings. The number of carbonyl (C=O) groups excluding carboxylic acids is 1. The molecule has 0 saturated heterocycles. The molecule has 128 valence electrons. The van der Waals surface area contributed by atoms with Gasteiger partial charge < -0.3 is 10.1 Å². The third-order valence-electron chi connectivity index (χ3n) is 3.98. The highest BCUT2D eigenvalue weighted by Crippen LogP contribution is 2.27. The first-order valence-corrected chi connectivity index (χ1v) is 9.45. The largest absolute Gasteiger partial charge is 0.495 e. The number of methoxy groups -OCH3 is 1. The van der Waals surface area contributed by atoms with Crippen LogP contribution in [0.4, 0.5) is 0 Å². The number of benzene rings is 1. The molecule has 1 aliphatic carbocycles. The molecule has 0 heterocycles. The highest BCUT2D eigenvalue weighted by Gasteiger charge is 2.25. The monoisotopic (exact) mass is 340 g/mol. The molecule has 0 aromatic heterocycles. The van der Waals surface area contributed by atoms with E-state index in [-0.39, 0.29) is 22.6 Å². The number of carbonyl (C=O) groups is 1. The van der Waals surface area contributed by atoms with Gasteiger partial charge >= 0.3 is 0 Å². The van der Waals surface area contributed by atoms with Crippen LogP contribution in [0.2, 0.25) is 0 Å². The smallest absolute Gasteiger partial charge is 0.251 e. The van der Waals surface area contributed by atoms with Crippen molar-refractivity contribution in [2.45, 2.75) is 50.0 Å². The molecule has 2 N–H and O–H groups in total. The Hall–Kier alpha value is -1.60. The van der Waals surface area contributed by atoms with Gasteiger partial charge in [0.1, 0.15) is 10.6 Å². The fourth-order valence-electron chi connectivity index (χ4n) is 2.79. The summed E-state index contributed by atoms with van der Waals surface area (Å²) < 4.78 is 33.3. The maximum absolute atomic E-state index is 12.7. The van der Waals surface area contributed by atoms with E-state index in [0.717, 1.165) is 32.1 Å². The second kappa shape index (κ2) is 7.79. The summed E-state index contributed by atoms with van der Waals surface area (Å²) in [4.78, 5) is 12.0. The lowest BCUT2D eigenvalue weighted by atomic mass is 9.96. The lowest BCUT2D eigenvalue weighted by molar-refractivity contribution is 0.0955. The van der Waals surface area contributed by atoms with Crippen LogP contribution >= 0.6 is 0 Å². The van der Waals surface area contributed by atoms with E-state index in [1.807, 2.05) is 6.92 Å². The predicted molar refractivity (Wildman–Crippen MR) is 88.2 cm³/mol. The summed E-state index contributed by atoms with van der Waals surface area (Å²) in [5.74, 6) is -0.0642. The molecule has 2 rings (SSSR count). The molecule has 23 heavy (non-hydrogen) atoms. The summed E-state index contributed by atoms with van der Waals surface area (Å²) in [6, 6.07) is 4.39. The number of amides is 1. The van der Waals surface area contributed by atoms with Crippen LogP contribution in [0.3, 0.4) is 0 Å². The Morgan fingerprint density at radius 3 is 2.57 bits per heavy atom. The molecule has 0 radical (unpaired) electrons. The van der Waals surface area contributed by atoms with Crippen molar-refractivity contribution >= 4 is 15.9 Å². The van der Waals surface area contributed by atoms with Gasteiger partial charge in [-0.15, -0.1) is 0 Å². The number of nitrogens with one attached hydrogen (secondary N) is 2. The first-order chi connectivity index (χ1) is 11.0. The van der Waals surface area contributed by atoms with E-state index in [1.54, 1.807) is 6.07 Å². The molecule has 0 aliphatic heterocycles. The van der Waals surface area contributed by atoms with Gasteiger partial charge in [-0.3, -0.25) is 4.79 Å². The molecule has 0 atom stereocenters. The van der Waals surface area contributed by atoms with Crippen LogP contribution in [0, 0.1) is 0 Å². The van der Waals surface area contributed by atoms with Crippen molar-refractivity contribution < 1.29 is 17.9 Å². The van der Waals surface area contributed by atoms with Crippen molar-refractivity contribution in [3.05, 3.63) is 23.8 Å². The van der Waals surface area contributed by atoms with Crippen molar-refractivity contribution in [2.24, 2.45) is 0 Å². The minimum atomic E-state index is -3.73. The van der Waals surface area contributed by atoms with E-state index in [4.69, 9.17) is 4.74 Å².